The van der Waals surface area contributed by atoms with Gasteiger partial charge in [-0.15, -0.1) is 0 Å². The van der Waals surface area contributed by atoms with Crippen molar-refractivity contribution in [3.63, 3.8) is 0 Å². The smallest absolute Gasteiger partial charge is 0.348 e. The van der Waals surface area contributed by atoms with Crippen LogP contribution in [0.2, 0.25) is 18.1 Å². The molecular formula is C19H27N3O4Si. The number of para-hydroxylation sites is 1. The van der Waals surface area contributed by atoms with E-state index in [-0.39, 0.29) is 29.7 Å². The number of carbonyl (C=O) groups is 2. The van der Waals surface area contributed by atoms with Crippen LogP contribution in [0.1, 0.15) is 40.0 Å². The first-order valence-electron chi connectivity index (χ1n) is 9.21. The van der Waals surface area contributed by atoms with E-state index < -0.39 is 14.0 Å². The van der Waals surface area contributed by atoms with Crippen LogP contribution in [-0.2, 0) is 16.6 Å². The maximum atomic E-state index is 12.9. The summed E-state index contributed by atoms with van der Waals surface area (Å²) in [6.07, 6.45) is 1.04. The molecule has 2 heterocycles. The number of rotatable bonds is 3. The highest BCUT2D eigenvalue weighted by Gasteiger charge is 2.40. The molecule has 0 aliphatic carbocycles. The van der Waals surface area contributed by atoms with E-state index in [4.69, 9.17) is 4.43 Å². The van der Waals surface area contributed by atoms with Gasteiger partial charge in [-0.25, -0.2) is 4.79 Å². The van der Waals surface area contributed by atoms with Gasteiger partial charge in [0.2, 0.25) is 11.8 Å². The van der Waals surface area contributed by atoms with Crippen LogP contribution >= 0.6 is 0 Å². The van der Waals surface area contributed by atoms with Gasteiger partial charge in [-0.2, -0.15) is 9.69 Å². The summed E-state index contributed by atoms with van der Waals surface area (Å²) in [5.74, 6) is -0.0949. The first-order chi connectivity index (χ1) is 12.5. The van der Waals surface area contributed by atoms with Crippen LogP contribution in [-0.4, -0.2) is 29.4 Å². The number of carbonyl (C=O) groups excluding carboxylic acids is 2. The van der Waals surface area contributed by atoms with Crippen LogP contribution in [0.3, 0.4) is 0 Å². The van der Waals surface area contributed by atoms with E-state index >= 15 is 0 Å². The molecule has 7 nitrogen and oxygen atoms in total. The lowest BCUT2D eigenvalue weighted by Gasteiger charge is -2.36. The van der Waals surface area contributed by atoms with Crippen molar-refractivity contribution >= 4 is 31.2 Å². The van der Waals surface area contributed by atoms with Crippen molar-refractivity contribution in [3.8, 4) is 5.75 Å². The summed E-state index contributed by atoms with van der Waals surface area (Å²) in [7, 11) is -0.495. The van der Waals surface area contributed by atoms with Gasteiger partial charge in [0.05, 0.1) is 5.52 Å². The Bertz CT molecular complexity index is 965. The van der Waals surface area contributed by atoms with Gasteiger partial charge in [0.25, 0.3) is 8.32 Å². The Morgan fingerprint density at radius 2 is 1.63 bits per heavy atom. The zero-order chi connectivity index (χ0) is 20.1. The fourth-order valence-electron chi connectivity index (χ4n) is 3.03. The number of amides is 2. The molecule has 3 rings (SSSR count). The predicted molar refractivity (Wildman–Crippen MR) is 107 cm³/mol. The van der Waals surface area contributed by atoms with Gasteiger partial charge in [-0.05, 0) is 36.7 Å². The van der Waals surface area contributed by atoms with E-state index in [0.29, 0.717) is 23.2 Å². The molecule has 1 fully saturated rings. The second-order valence-corrected chi connectivity index (χ2v) is 13.3. The number of imidazole rings is 1. The largest absolute Gasteiger partial charge is 0.542 e. The average molecular weight is 390 g/mol. The lowest BCUT2D eigenvalue weighted by molar-refractivity contribution is -0.131. The number of nitrogens with zero attached hydrogens (tertiary/aromatic N) is 3. The Kier molecular flexibility index (Phi) is 4.58. The molecule has 0 bridgehead atoms. The van der Waals surface area contributed by atoms with Crippen LogP contribution in [0.5, 0.6) is 5.75 Å². The molecule has 146 valence electrons. The van der Waals surface area contributed by atoms with Gasteiger partial charge in [0.15, 0.2) is 0 Å². The third-order valence-electron chi connectivity index (χ3n) is 5.63. The second kappa shape index (κ2) is 6.37. The highest BCUT2D eigenvalue weighted by molar-refractivity contribution is 6.74. The van der Waals surface area contributed by atoms with Crippen molar-refractivity contribution in [3.05, 3.63) is 28.7 Å². The molecule has 8 heteroatoms. The molecule has 0 atom stereocenters. The molecule has 2 aromatic rings. The molecule has 1 aliphatic rings. The normalized spacial score (nSPS) is 16.3. The summed E-state index contributed by atoms with van der Waals surface area (Å²) in [6.45, 7) is 10.7. The Balaban J connectivity index is 2.21. The van der Waals surface area contributed by atoms with E-state index in [1.807, 2.05) is 6.07 Å². The topological polar surface area (TPSA) is 73.5 Å². The molecule has 1 aliphatic heterocycles. The number of aromatic nitrogens is 2. The standard InChI is InChI=1S/C19H27N3O4Si/c1-19(2,3)27(5,6)26-14-10-7-9-13-17(14)20(4)18(25)21(13)22-15(23)11-8-12-16(22)24/h7,9-10H,8,11-12H2,1-6H3. The molecule has 1 aromatic heterocycles. The minimum absolute atomic E-state index is 0.00457. The molecule has 1 saturated heterocycles. The first-order valence-corrected chi connectivity index (χ1v) is 12.1. The molecule has 1 aromatic carbocycles. The highest BCUT2D eigenvalue weighted by atomic mass is 28.4. The van der Waals surface area contributed by atoms with Gasteiger partial charge in [-0.1, -0.05) is 26.8 Å². The molecule has 0 spiro atoms. The summed E-state index contributed by atoms with van der Waals surface area (Å²) < 4.78 is 9.09. The Hall–Kier alpha value is -2.35. The number of benzene rings is 1. The van der Waals surface area contributed by atoms with Gasteiger partial charge >= 0.3 is 5.69 Å². The molecule has 0 unspecified atom stereocenters. The van der Waals surface area contributed by atoms with Crippen molar-refractivity contribution in [2.75, 3.05) is 5.01 Å². The van der Waals surface area contributed by atoms with Crippen LogP contribution in [0.4, 0.5) is 0 Å². The molecule has 2 amide bonds. The van der Waals surface area contributed by atoms with Crippen molar-refractivity contribution in [1.82, 2.24) is 9.24 Å². The molecule has 0 saturated carbocycles. The van der Waals surface area contributed by atoms with Crippen molar-refractivity contribution in [1.29, 1.82) is 0 Å². The van der Waals surface area contributed by atoms with Crippen LogP contribution in [0, 0.1) is 0 Å². The number of hydrogen-bond acceptors (Lipinski definition) is 4. The lowest BCUT2D eigenvalue weighted by Crippen LogP contribution is -2.52. The average Bonchev–Trinajstić information content (AvgIpc) is 2.79. The van der Waals surface area contributed by atoms with E-state index in [9.17, 15) is 14.4 Å². The fourth-order valence-corrected chi connectivity index (χ4v) is 4.05. The van der Waals surface area contributed by atoms with Crippen molar-refractivity contribution in [2.24, 2.45) is 7.05 Å². The third kappa shape index (κ3) is 3.11. The fraction of sp³-hybridized carbons (Fsp3) is 0.526. The van der Waals surface area contributed by atoms with E-state index in [1.165, 1.54) is 9.24 Å². The van der Waals surface area contributed by atoms with Crippen molar-refractivity contribution in [2.45, 2.75) is 58.2 Å². The summed E-state index contributed by atoms with van der Waals surface area (Å²) in [4.78, 5) is 37.7. The molecular weight excluding hydrogens is 362 g/mol. The number of fused-ring (bicyclic) bond motifs is 1. The summed E-state index contributed by atoms with van der Waals surface area (Å²) in [6, 6.07) is 5.37. The maximum Gasteiger partial charge on any atom is 0.348 e. The van der Waals surface area contributed by atoms with Crippen LogP contribution in [0.25, 0.3) is 11.0 Å². The minimum Gasteiger partial charge on any atom is -0.542 e. The Morgan fingerprint density at radius 3 is 2.19 bits per heavy atom. The number of aryl methyl sites for hydroxylation is 1. The van der Waals surface area contributed by atoms with Gasteiger partial charge in [-0.3, -0.25) is 14.2 Å². The first kappa shape index (κ1) is 19.4. The minimum atomic E-state index is -2.13. The number of hydrogen-bond donors (Lipinski definition) is 0. The predicted octanol–water partition coefficient (Wildman–Crippen LogP) is 2.90. The monoisotopic (exact) mass is 389 g/mol. The quantitative estimate of drug-likeness (QED) is 0.598. The molecule has 0 radical (unpaired) electrons. The number of piperidine rings is 1. The van der Waals surface area contributed by atoms with E-state index in [2.05, 4.69) is 33.9 Å². The summed E-state index contributed by atoms with van der Waals surface area (Å²) in [5.41, 5.74) is 0.667. The van der Waals surface area contributed by atoms with Crippen LogP contribution < -0.4 is 15.1 Å². The van der Waals surface area contributed by atoms with Gasteiger partial charge in [0, 0.05) is 19.9 Å². The molecule has 0 N–H and O–H groups in total. The highest BCUT2D eigenvalue weighted by Crippen LogP contribution is 2.39. The number of imide groups is 1. The Labute approximate surface area is 159 Å². The van der Waals surface area contributed by atoms with Gasteiger partial charge < -0.3 is 4.43 Å². The van der Waals surface area contributed by atoms with Crippen molar-refractivity contribution < 1.29 is 14.0 Å². The van der Waals surface area contributed by atoms with Gasteiger partial charge in [0.1, 0.15) is 11.3 Å². The summed E-state index contributed by atoms with van der Waals surface area (Å²) in [5, 5.41) is 0.986. The SMILES string of the molecule is Cn1c(=O)n(N2C(=O)CCCC2=O)c2cccc(O[Si](C)(C)C(C)(C)C)c21. The zero-order valence-electron chi connectivity index (χ0n) is 16.8. The third-order valence-corrected chi connectivity index (χ3v) is 9.98. The maximum absolute atomic E-state index is 12.9. The summed E-state index contributed by atoms with van der Waals surface area (Å²) >= 11 is 0. The van der Waals surface area contributed by atoms with E-state index in [0.717, 1.165) is 5.01 Å². The second-order valence-electron chi connectivity index (χ2n) is 8.59. The zero-order valence-corrected chi connectivity index (χ0v) is 17.8. The lowest BCUT2D eigenvalue weighted by atomic mass is 10.1. The Morgan fingerprint density at radius 1 is 1.04 bits per heavy atom. The van der Waals surface area contributed by atoms with Crippen LogP contribution in [0.15, 0.2) is 23.0 Å². The van der Waals surface area contributed by atoms with E-state index in [1.54, 1.807) is 19.2 Å². The molecule has 27 heavy (non-hydrogen) atoms.